The molecule has 28 heavy (non-hydrogen) atoms. The van der Waals surface area contributed by atoms with Gasteiger partial charge in [-0.05, 0) is 69.8 Å². The molecular formula is C18H22BrFN4O4. The first-order chi connectivity index (χ1) is 13.4. The molecule has 0 atom stereocenters. The lowest BCUT2D eigenvalue weighted by atomic mass is 10.1. The van der Waals surface area contributed by atoms with Crippen LogP contribution in [0.25, 0.3) is 5.70 Å². The average molecular weight is 457 g/mol. The zero-order valence-corrected chi connectivity index (χ0v) is 17.4. The Morgan fingerprint density at radius 1 is 1.43 bits per heavy atom. The van der Waals surface area contributed by atoms with Gasteiger partial charge in [-0.1, -0.05) is 6.92 Å². The quantitative estimate of drug-likeness (QED) is 0.574. The third-order valence-electron chi connectivity index (χ3n) is 4.02. The fraction of sp³-hybridized carbons (Fsp3) is 0.389. The molecule has 8 nitrogen and oxygen atoms in total. The zero-order chi connectivity index (χ0) is 20.7. The van der Waals surface area contributed by atoms with Crippen molar-refractivity contribution in [2.45, 2.75) is 26.7 Å². The van der Waals surface area contributed by atoms with Gasteiger partial charge in [-0.3, -0.25) is 0 Å². The third-order valence-corrected chi connectivity index (χ3v) is 4.62. The maximum atomic E-state index is 13.7. The highest BCUT2D eigenvalue weighted by Gasteiger charge is 2.29. The van der Waals surface area contributed by atoms with E-state index in [1.165, 1.54) is 30.2 Å². The number of amides is 1. The summed E-state index contributed by atoms with van der Waals surface area (Å²) >= 11 is 3.14. The Labute approximate surface area is 170 Å². The molecule has 1 amide bonds. The van der Waals surface area contributed by atoms with E-state index in [4.69, 9.17) is 14.5 Å². The number of carbonyl (C=O) groups excluding carboxylic acids is 1. The molecule has 0 aliphatic heterocycles. The Bertz CT molecular complexity index is 856. The summed E-state index contributed by atoms with van der Waals surface area (Å²) < 4.78 is 23.8. The van der Waals surface area contributed by atoms with Crippen LogP contribution in [0.4, 0.5) is 20.7 Å². The van der Waals surface area contributed by atoms with Crippen LogP contribution in [0, 0.1) is 5.82 Å². The number of nitrogens with zero attached hydrogens (tertiary/aromatic N) is 3. The standard InChI is InChI=1S/C18H22BrFN4O4/c1-4-11(2)16(15-17(23-28-22-15)21-8-5-9-25)24(18(26)27-3)12-6-7-14(20)13(19)10-12/h6-7,10,25H,4-5,8-9H2,1-3H3,(H,21,23)/b16-11+. The first kappa shape index (κ1) is 21.8. The van der Waals surface area contributed by atoms with Crippen molar-refractivity contribution in [3.63, 3.8) is 0 Å². The number of nitrogens with one attached hydrogen (secondary N) is 1. The van der Waals surface area contributed by atoms with Crippen LogP contribution in [0.2, 0.25) is 0 Å². The van der Waals surface area contributed by atoms with Crippen molar-refractivity contribution >= 4 is 39.2 Å². The summed E-state index contributed by atoms with van der Waals surface area (Å²) in [4.78, 5) is 14.0. The molecule has 2 rings (SSSR count). The highest BCUT2D eigenvalue weighted by atomic mass is 79.9. The summed E-state index contributed by atoms with van der Waals surface area (Å²) in [5, 5.41) is 19.8. The van der Waals surface area contributed by atoms with E-state index in [2.05, 4.69) is 31.6 Å². The third kappa shape index (κ3) is 4.87. The number of methoxy groups -OCH3 is 1. The van der Waals surface area contributed by atoms with Gasteiger partial charge in [0.15, 0.2) is 5.69 Å². The van der Waals surface area contributed by atoms with Crippen molar-refractivity contribution in [2.24, 2.45) is 0 Å². The molecule has 0 fully saturated rings. The van der Waals surface area contributed by atoms with Crippen LogP contribution >= 0.6 is 15.9 Å². The molecule has 0 saturated heterocycles. The molecule has 2 N–H and O–H groups in total. The lowest BCUT2D eigenvalue weighted by Crippen LogP contribution is -2.30. The number of benzene rings is 1. The topological polar surface area (TPSA) is 101 Å². The van der Waals surface area contributed by atoms with Gasteiger partial charge in [-0.15, -0.1) is 0 Å². The molecular weight excluding hydrogens is 435 g/mol. The predicted octanol–water partition coefficient (Wildman–Crippen LogP) is 4.18. The van der Waals surface area contributed by atoms with E-state index in [0.717, 1.165) is 5.57 Å². The number of carbonyl (C=O) groups is 1. The minimum atomic E-state index is -0.675. The van der Waals surface area contributed by atoms with Gasteiger partial charge in [0.1, 0.15) is 5.82 Å². The lowest BCUT2D eigenvalue weighted by Gasteiger charge is -2.25. The fourth-order valence-corrected chi connectivity index (χ4v) is 2.82. The molecule has 0 bridgehead atoms. The Kier molecular flexibility index (Phi) is 7.94. The van der Waals surface area contributed by atoms with Crippen LogP contribution < -0.4 is 10.2 Å². The number of aliphatic hydroxyl groups is 1. The van der Waals surface area contributed by atoms with Crippen molar-refractivity contribution in [1.29, 1.82) is 0 Å². The van der Waals surface area contributed by atoms with Crippen molar-refractivity contribution in [1.82, 2.24) is 10.3 Å². The second kappa shape index (κ2) is 10.2. The molecule has 2 aromatic rings. The molecule has 0 unspecified atom stereocenters. The van der Waals surface area contributed by atoms with Crippen LogP contribution in [0.3, 0.4) is 0 Å². The van der Waals surface area contributed by atoms with Gasteiger partial charge in [0.05, 0.1) is 23.0 Å². The Hall–Kier alpha value is -2.46. The number of aromatic nitrogens is 2. The summed E-state index contributed by atoms with van der Waals surface area (Å²) in [6, 6.07) is 4.18. The summed E-state index contributed by atoms with van der Waals surface area (Å²) in [5.74, 6) is -0.132. The first-order valence-electron chi connectivity index (χ1n) is 8.65. The molecule has 0 aliphatic carbocycles. The van der Waals surface area contributed by atoms with E-state index in [9.17, 15) is 9.18 Å². The summed E-state index contributed by atoms with van der Waals surface area (Å²) in [7, 11) is 1.26. The van der Waals surface area contributed by atoms with Crippen molar-refractivity contribution in [2.75, 3.05) is 30.5 Å². The predicted molar refractivity (Wildman–Crippen MR) is 106 cm³/mol. The van der Waals surface area contributed by atoms with Crippen LogP contribution in [-0.2, 0) is 4.74 Å². The highest BCUT2D eigenvalue weighted by Crippen LogP contribution is 2.34. The van der Waals surface area contributed by atoms with Crippen LogP contribution in [0.5, 0.6) is 0 Å². The maximum absolute atomic E-state index is 13.7. The molecule has 152 valence electrons. The second-order valence-corrected chi connectivity index (χ2v) is 6.71. The molecule has 1 aromatic heterocycles. The molecule has 0 saturated carbocycles. The van der Waals surface area contributed by atoms with Crippen LogP contribution in [0.1, 0.15) is 32.4 Å². The van der Waals surface area contributed by atoms with E-state index in [1.54, 1.807) is 0 Å². The molecule has 1 aromatic carbocycles. The summed E-state index contributed by atoms with van der Waals surface area (Å²) in [5.41, 5.74) is 1.92. The van der Waals surface area contributed by atoms with Crippen LogP contribution in [0.15, 0.2) is 32.9 Å². The largest absolute Gasteiger partial charge is 0.452 e. The fourth-order valence-electron chi connectivity index (χ4n) is 2.45. The number of allylic oxidation sites excluding steroid dienone is 1. The monoisotopic (exact) mass is 456 g/mol. The number of hydrogen-bond acceptors (Lipinski definition) is 7. The SMILES string of the molecule is CC/C(C)=C(\c1nonc1NCCCO)N(C(=O)OC)c1ccc(F)c(Br)c1. The Morgan fingerprint density at radius 2 is 2.18 bits per heavy atom. The number of ether oxygens (including phenoxy) is 1. The number of hydrogen-bond donors (Lipinski definition) is 2. The van der Waals surface area contributed by atoms with Gasteiger partial charge in [-0.2, -0.15) is 0 Å². The molecule has 10 heteroatoms. The molecule has 1 heterocycles. The second-order valence-electron chi connectivity index (χ2n) is 5.85. The molecule has 0 radical (unpaired) electrons. The highest BCUT2D eigenvalue weighted by molar-refractivity contribution is 9.10. The normalized spacial score (nSPS) is 11.8. The van der Waals surface area contributed by atoms with Gasteiger partial charge in [0.2, 0.25) is 5.82 Å². The number of rotatable bonds is 8. The van der Waals surface area contributed by atoms with E-state index in [0.29, 0.717) is 42.3 Å². The number of anilines is 2. The minimum absolute atomic E-state index is 0.0161. The molecule has 0 spiro atoms. The van der Waals surface area contributed by atoms with Crippen molar-refractivity contribution in [3.8, 4) is 0 Å². The Balaban J connectivity index is 2.60. The smallest absolute Gasteiger partial charge is 0.418 e. The van der Waals surface area contributed by atoms with E-state index < -0.39 is 11.9 Å². The lowest BCUT2D eigenvalue weighted by molar-refractivity contribution is 0.182. The number of halogens is 2. The van der Waals surface area contributed by atoms with E-state index in [1.807, 2.05) is 13.8 Å². The van der Waals surface area contributed by atoms with Gasteiger partial charge >= 0.3 is 6.09 Å². The van der Waals surface area contributed by atoms with Gasteiger partial charge in [0.25, 0.3) is 0 Å². The molecule has 0 aliphatic rings. The Morgan fingerprint density at radius 3 is 2.79 bits per heavy atom. The minimum Gasteiger partial charge on any atom is -0.452 e. The van der Waals surface area contributed by atoms with E-state index >= 15 is 0 Å². The van der Waals surface area contributed by atoms with Gasteiger partial charge < -0.3 is 15.2 Å². The summed E-state index contributed by atoms with van der Waals surface area (Å²) in [6.45, 7) is 4.23. The summed E-state index contributed by atoms with van der Waals surface area (Å²) in [6.07, 6.45) is 0.434. The maximum Gasteiger partial charge on any atom is 0.418 e. The average Bonchev–Trinajstić information content (AvgIpc) is 3.15. The van der Waals surface area contributed by atoms with Crippen LogP contribution in [-0.4, -0.2) is 41.8 Å². The van der Waals surface area contributed by atoms with Gasteiger partial charge in [0, 0.05) is 13.2 Å². The van der Waals surface area contributed by atoms with E-state index in [-0.39, 0.29) is 11.1 Å². The zero-order valence-electron chi connectivity index (χ0n) is 15.8. The van der Waals surface area contributed by atoms with Crippen molar-refractivity contribution < 1.29 is 23.7 Å². The first-order valence-corrected chi connectivity index (χ1v) is 9.44. The number of aliphatic hydroxyl groups excluding tert-OH is 1. The van der Waals surface area contributed by atoms with Crippen molar-refractivity contribution in [3.05, 3.63) is 39.8 Å². The van der Waals surface area contributed by atoms with Gasteiger partial charge in [-0.25, -0.2) is 18.7 Å².